The van der Waals surface area contributed by atoms with E-state index in [0.29, 0.717) is 12.0 Å². The first-order valence-electron chi connectivity index (χ1n) is 7.13. The van der Waals surface area contributed by atoms with Crippen LogP contribution in [0.2, 0.25) is 0 Å². The van der Waals surface area contributed by atoms with E-state index in [9.17, 15) is 4.79 Å². The molecule has 1 amide bonds. The fourth-order valence-electron chi connectivity index (χ4n) is 2.59. The van der Waals surface area contributed by atoms with Gasteiger partial charge in [0.15, 0.2) is 0 Å². The highest BCUT2D eigenvalue weighted by Gasteiger charge is 2.31. The fraction of sp³-hybridized carbons (Fsp3) is 0.667. The van der Waals surface area contributed by atoms with Crippen LogP contribution in [-0.2, 0) is 4.74 Å². The van der Waals surface area contributed by atoms with Gasteiger partial charge < -0.3 is 15.0 Å². The molecular formula is C15H23BrN2O2. The van der Waals surface area contributed by atoms with Crippen LogP contribution in [0.3, 0.4) is 0 Å². The number of allylic oxidation sites excluding steroid dienone is 2. The minimum absolute atomic E-state index is 0.193. The summed E-state index contributed by atoms with van der Waals surface area (Å²) in [5.41, 5.74) is -0.421. The lowest BCUT2D eigenvalue weighted by molar-refractivity contribution is 0.0176. The molecule has 0 aromatic heterocycles. The van der Waals surface area contributed by atoms with Crippen LogP contribution in [0.15, 0.2) is 22.8 Å². The molecule has 0 spiro atoms. The Morgan fingerprint density at radius 2 is 2.05 bits per heavy atom. The van der Waals surface area contributed by atoms with E-state index in [1.165, 1.54) is 4.48 Å². The summed E-state index contributed by atoms with van der Waals surface area (Å²) < 4.78 is 6.61. The summed E-state index contributed by atoms with van der Waals surface area (Å²) in [6.07, 6.45) is 7.86. The molecule has 2 heterocycles. The number of ether oxygens (including phenoxy) is 1. The molecule has 112 valence electrons. The van der Waals surface area contributed by atoms with Crippen LogP contribution in [-0.4, -0.2) is 35.7 Å². The maximum Gasteiger partial charge on any atom is 0.410 e. The smallest absolute Gasteiger partial charge is 0.410 e. The van der Waals surface area contributed by atoms with E-state index in [-0.39, 0.29) is 6.09 Å². The molecule has 0 saturated carbocycles. The number of likely N-dealkylation sites (tertiary alicyclic amines) is 1. The summed E-state index contributed by atoms with van der Waals surface area (Å²) in [7, 11) is 0. The number of hydrogen-bond acceptors (Lipinski definition) is 3. The van der Waals surface area contributed by atoms with E-state index in [0.717, 1.165) is 25.9 Å². The van der Waals surface area contributed by atoms with Gasteiger partial charge in [0.05, 0.1) is 6.04 Å². The first-order valence-corrected chi connectivity index (χ1v) is 7.92. The van der Waals surface area contributed by atoms with Crippen LogP contribution in [0.4, 0.5) is 4.79 Å². The van der Waals surface area contributed by atoms with E-state index >= 15 is 0 Å². The van der Waals surface area contributed by atoms with Crippen LogP contribution in [0, 0.1) is 5.92 Å². The molecule has 20 heavy (non-hydrogen) atoms. The predicted octanol–water partition coefficient (Wildman–Crippen LogP) is 3.40. The Morgan fingerprint density at radius 1 is 1.40 bits per heavy atom. The first-order chi connectivity index (χ1) is 9.37. The Bertz CT molecular complexity index is 418. The van der Waals surface area contributed by atoms with Crippen molar-refractivity contribution in [1.29, 1.82) is 0 Å². The molecule has 1 fully saturated rings. The van der Waals surface area contributed by atoms with Crippen molar-refractivity contribution in [2.75, 3.05) is 13.1 Å². The Labute approximate surface area is 129 Å². The summed E-state index contributed by atoms with van der Waals surface area (Å²) in [6.45, 7) is 7.23. The van der Waals surface area contributed by atoms with E-state index in [1.807, 2.05) is 37.9 Å². The molecule has 0 bridgehead atoms. The number of carbonyl (C=O) groups is 1. The Kier molecular flexibility index (Phi) is 4.78. The van der Waals surface area contributed by atoms with Crippen molar-refractivity contribution in [2.24, 2.45) is 5.92 Å². The third-order valence-electron chi connectivity index (χ3n) is 3.59. The molecular weight excluding hydrogens is 320 g/mol. The first kappa shape index (κ1) is 15.4. The zero-order chi connectivity index (χ0) is 14.8. The van der Waals surface area contributed by atoms with Gasteiger partial charge in [-0.15, -0.1) is 0 Å². The summed E-state index contributed by atoms with van der Waals surface area (Å²) in [4.78, 5) is 13.8. The summed E-state index contributed by atoms with van der Waals surface area (Å²) in [5.74, 6) is 0.546. The van der Waals surface area contributed by atoms with E-state index < -0.39 is 5.60 Å². The lowest BCUT2D eigenvalue weighted by Gasteiger charge is -2.37. The largest absolute Gasteiger partial charge is 0.444 e. The van der Waals surface area contributed by atoms with Gasteiger partial charge in [-0.1, -0.05) is 15.9 Å². The van der Waals surface area contributed by atoms with Crippen molar-refractivity contribution in [2.45, 2.75) is 45.3 Å². The SMILES string of the molecule is CC(C)(C)OC(=O)N1CCC([C@@H]2NC=CC=C2Br)CC1. The predicted molar refractivity (Wildman–Crippen MR) is 83.6 cm³/mol. The van der Waals surface area contributed by atoms with Gasteiger partial charge >= 0.3 is 6.09 Å². The summed E-state index contributed by atoms with van der Waals surface area (Å²) >= 11 is 3.62. The van der Waals surface area contributed by atoms with Crippen molar-refractivity contribution in [1.82, 2.24) is 10.2 Å². The van der Waals surface area contributed by atoms with Gasteiger partial charge in [0.25, 0.3) is 0 Å². The van der Waals surface area contributed by atoms with Gasteiger partial charge in [0, 0.05) is 17.6 Å². The monoisotopic (exact) mass is 342 g/mol. The zero-order valence-corrected chi connectivity index (χ0v) is 13.9. The number of carbonyl (C=O) groups excluding carboxylic acids is 1. The molecule has 0 aromatic carbocycles. The number of halogens is 1. The Morgan fingerprint density at radius 3 is 2.60 bits per heavy atom. The minimum atomic E-state index is -0.421. The number of rotatable bonds is 1. The maximum absolute atomic E-state index is 12.0. The fourth-order valence-corrected chi connectivity index (χ4v) is 3.24. The topological polar surface area (TPSA) is 41.6 Å². The van der Waals surface area contributed by atoms with Crippen molar-refractivity contribution in [3.63, 3.8) is 0 Å². The highest BCUT2D eigenvalue weighted by molar-refractivity contribution is 9.11. The molecule has 0 aromatic rings. The van der Waals surface area contributed by atoms with Crippen molar-refractivity contribution < 1.29 is 9.53 Å². The van der Waals surface area contributed by atoms with Crippen LogP contribution >= 0.6 is 15.9 Å². The second kappa shape index (κ2) is 6.20. The highest BCUT2D eigenvalue weighted by atomic mass is 79.9. The average Bonchev–Trinajstić information content (AvgIpc) is 2.37. The molecule has 4 nitrogen and oxygen atoms in total. The van der Waals surface area contributed by atoms with Crippen LogP contribution in [0.25, 0.3) is 0 Å². The summed E-state index contributed by atoms with van der Waals surface area (Å²) in [5, 5.41) is 3.39. The third kappa shape index (κ3) is 4.01. The molecule has 0 aliphatic carbocycles. The van der Waals surface area contributed by atoms with E-state index in [2.05, 4.69) is 27.3 Å². The highest BCUT2D eigenvalue weighted by Crippen LogP contribution is 2.29. The van der Waals surface area contributed by atoms with Crippen molar-refractivity contribution >= 4 is 22.0 Å². The van der Waals surface area contributed by atoms with Crippen molar-refractivity contribution in [3.05, 3.63) is 22.8 Å². The number of dihydropyridines is 1. The minimum Gasteiger partial charge on any atom is -0.444 e. The Hall–Kier alpha value is -0.970. The number of piperidine rings is 1. The standard InChI is InChI=1S/C15H23BrN2O2/c1-15(2,3)20-14(19)18-9-6-11(7-10-18)13-12(16)5-4-8-17-13/h4-5,8,11,13,17H,6-7,9-10H2,1-3H3/t13-/m0/s1. The van der Waals surface area contributed by atoms with Crippen molar-refractivity contribution in [3.8, 4) is 0 Å². The van der Waals surface area contributed by atoms with Gasteiger partial charge in [-0.3, -0.25) is 0 Å². The number of amides is 1. The normalized spacial score (nSPS) is 24.1. The van der Waals surface area contributed by atoms with E-state index in [4.69, 9.17) is 4.74 Å². The second-order valence-electron chi connectivity index (χ2n) is 6.36. The lowest BCUT2D eigenvalue weighted by Crippen LogP contribution is -2.46. The quantitative estimate of drug-likeness (QED) is 0.793. The number of hydrogen-bond donors (Lipinski definition) is 1. The molecule has 1 N–H and O–H groups in total. The lowest BCUT2D eigenvalue weighted by atomic mass is 9.88. The second-order valence-corrected chi connectivity index (χ2v) is 7.28. The molecule has 0 radical (unpaired) electrons. The summed E-state index contributed by atoms with van der Waals surface area (Å²) in [6, 6.07) is 0.334. The average molecular weight is 343 g/mol. The molecule has 0 unspecified atom stereocenters. The van der Waals surface area contributed by atoms with Gasteiger partial charge in [0.2, 0.25) is 0 Å². The Balaban J connectivity index is 1.85. The van der Waals surface area contributed by atoms with Crippen LogP contribution < -0.4 is 5.32 Å². The maximum atomic E-state index is 12.0. The van der Waals surface area contributed by atoms with Gasteiger partial charge in [-0.05, 0) is 57.9 Å². The van der Waals surface area contributed by atoms with E-state index in [1.54, 1.807) is 0 Å². The van der Waals surface area contributed by atoms with Crippen LogP contribution in [0.1, 0.15) is 33.6 Å². The van der Waals surface area contributed by atoms with Crippen LogP contribution in [0.5, 0.6) is 0 Å². The molecule has 2 aliphatic heterocycles. The van der Waals surface area contributed by atoms with Gasteiger partial charge in [-0.25, -0.2) is 4.79 Å². The number of nitrogens with zero attached hydrogens (tertiary/aromatic N) is 1. The molecule has 2 rings (SSSR count). The molecule has 2 aliphatic rings. The molecule has 1 atom stereocenters. The van der Waals surface area contributed by atoms with Gasteiger partial charge in [0.1, 0.15) is 5.60 Å². The van der Waals surface area contributed by atoms with Gasteiger partial charge in [-0.2, -0.15) is 0 Å². The third-order valence-corrected chi connectivity index (χ3v) is 4.34. The molecule has 5 heteroatoms. The number of nitrogens with one attached hydrogen (secondary N) is 1. The zero-order valence-electron chi connectivity index (χ0n) is 12.4. The molecule has 1 saturated heterocycles.